The number of amides is 1. The number of allylic oxidation sites excluding steroid dienone is 5. The Morgan fingerprint density at radius 1 is 0.420 bits per heavy atom. The zero-order valence-electron chi connectivity index (χ0n) is 55.0. The fraction of sp³-hybridized carbons (Fsp3) is 0.903. The van der Waals surface area contributed by atoms with Gasteiger partial charge in [-0.1, -0.05) is 352 Å². The highest BCUT2D eigenvalue weighted by molar-refractivity contribution is 7.45. The molecule has 9 heteroatoms. The van der Waals surface area contributed by atoms with Crippen LogP contribution in [0.4, 0.5) is 0 Å². The van der Waals surface area contributed by atoms with Gasteiger partial charge in [0, 0.05) is 6.42 Å². The Bertz CT molecular complexity index is 1410. The number of likely N-dealkylation sites (N-methyl/N-ethyl adjacent to an activating group) is 1. The van der Waals surface area contributed by atoms with Crippen molar-refractivity contribution in [1.29, 1.82) is 0 Å². The second-order valence-electron chi connectivity index (χ2n) is 25.9. The van der Waals surface area contributed by atoms with Gasteiger partial charge >= 0.3 is 0 Å². The lowest BCUT2D eigenvalue weighted by Crippen LogP contribution is -2.45. The fourth-order valence-electron chi connectivity index (χ4n) is 11.0. The van der Waals surface area contributed by atoms with Crippen LogP contribution in [-0.2, 0) is 18.4 Å². The van der Waals surface area contributed by atoms with Gasteiger partial charge in [-0.25, -0.2) is 0 Å². The van der Waals surface area contributed by atoms with Crippen molar-refractivity contribution in [3.63, 3.8) is 0 Å². The Hall–Kier alpha value is -1.28. The highest BCUT2D eigenvalue weighted by atomic mass is 31.2. The number of phosphoric acid groups is 1. The van der Waals surface area contributed by atoms with Crippen molar-refractivity contribution in [2.24, 2.45) is 0 Å². The van der Waals surface area contributed by atoms with E-state index in [4.69, 9.17) is 9.05 Å². The van der Waals surface area contributed by atoms with Gasteiger partial charge in [0.05, 0.1) is 39.9 Å². The van der Waals surface area contributed by atoms with E-state index in [-0.39, 0.29) is 12.5 Å². The van der Waals surface area contributed by atoms with Gasteiger partial charge in [0.15, 0.2) is 0 Å². The molecule has 0 heterocycles. The van der Waals surface area contributed by atoms with Crippen molar-refractivity contribution in [2.75, 3.05) is 40.9 Å². The van der Waals surface area contributed by atoms with E-state index < -0.39 is 26.6 Å². The quantitative estimate of drug-likeness (QED) is 0.0272. The minimum atomic E-state index is -4.61. The van der Waals surface area contributed by atoms with E-state index >= 15 is 0 Å². The predicted molar refractivity (Wildman–Crippen MR) is 353 cm³/mol. The van der Waals surface area contributed by atoms with Crippen molar-refractivity contribution in [3.8, 4) is 0 Å². The summed E-state index contributed by atoms with van der Waals surface area (Å²) in [4.78, 5) is 25.6. The smallest absolute Gasteiger partial charge is 0.268 e. The predicted octanol–water partition coefficient (Wildman–Crippen LogP) is 22.2. The summed E-state index contributed by atoms with van der Waals surface area (Å²) in [6.07, 6.45) is 84.4. The SMILES string of the molecule is CCCCCCCCCCCCCCC/C=C/CC/C=C/CC/C=C/C(O)C(COP(=O)([O-])OCC[N+](C)(C)C)NC(=O)CCCCCCCCCCCCCCCCCCCCCCCCCCCCCCCCCCCCCC. The molecule has 8 nitrogen and oxygen atoms in total. The maximum atomic E-state index is 13.0. The van der Waals surface area contributed by atoms with Crippen molar-refractivity contribution >= 4 is 13.7 Å². The zero-order valence-corrected chi connectivity index (χ0v) is 55.9. The lowest BCUT2D eigenvalue weighted by molar-refractivity contribution is -0.870. The Morgan fingerprint density at radius 3 is 1.00 bits per heavy atom. The molecule has 0 fully saturated rings. The summed E-state index contributed by atoms with van der Waals surface area (Å²) < 4.78 is 23.4. The molecule has 1 amide bonds. The molecule has 0 saturated heterocycles. The largest absolute Gasteiger partial charge is 0.756 e. The minimum absolute atomic E-state index is 0.00711. The van der Waals surface area contributed by atoms with E-state index in [1.807, 2.05) is 27.2 Å². The first-order chi connectivity index (χ1) is 39.5. The molecule has 0 aromatic carbocycles. The highest BCUT2D eigenvalue weighted by Gasteiger charge is 2.23. The van der Waals surface area contributed by atoms with E-state index in [0.717, 1.165) is 44.9 Å². The molecular formula is C72H141N2O6P. The normalized spacial score (nSPS) is 13.8. The number of quaternary nitrogens is 1. The van der Waals surface area contributed by atoms with Crippen LogP contribution in [-0.4, -0.2) is 68.5 Å². The van der Waals surface area contributed by atoms with E-state index in [0.29, 0.717) is 17.4 Å². The molecule has 0 rings (SSSR count). The third-order valence-corrected chi connectivity index (χ3v) is 17.5. The molecule has 0 radical (unpaired) electrons. The molecule has 3 atom stereocenters. The number of aliphatic hydroxyl groups is 1. The monoisotopic (exact) mass is 1160 g/mol. The van der Waals surface area contributed by atoms with Crippen molar-refractivity contribution in [2.45, 2.75) is 379 Å². The molecule has 0 aromatic rings. The number of phosphoric ester groups is 1. The average molecular weight is 1160 g/mol. The van der Waals surface area contributed by atoms with Crippen LogP contribution in [0, 0.1) is 0 Å². The van der Waals surface area contributed by atoms with E-state index in [9.17, 15) is 19.4 Å². The molecule has 0 aromatic heterocycles. The van der Waals surface area contributed by atoms with Crippen LogP contribution in [0.25, 0.3) is 0 Å². The van der Waals surface area contributed by atoms with Crippen molar-refractivity contribution < 1.29 is 32.9 Å². The summed E-state index contributed by atoms with van der Waals surface area (Å²) in [5.41, 5.74) is 0. The average Bonchev–Trinajstić information content (AvgIpc) is 3.43. The number of hydrogen-bond acceptors (Lipinski definition) is 6. The lowest BCUT2D eigenvalue weighted by atomic mass is 10.0. The summed E-state index contributed by atoms with van der Waals surface area (Å²) in [6, 6.07) is -0.909. The minimum Gasteiger partial charge on any atom is -0.756 e. The topological polar surface area (TPSA) is 108 Å². The molecule has 0 aliphatic heterocycles. The lowest BCUT2D eigenvalue weighted by Gasteiger charge is -2.29. The third-order valence-electron chi connectivity index (χ3n) is 16.6. The van der Waals surface area contributed by atoms with E-state index in [1.54, 1.807) is 6.08 Å². The van der Waals surface area contributed by atoms with Crippen molar-refractivity contribution in [1.82, 2.24) is 5.32 Å². The summed E-state index contributed by atoms with van der Waals surface area (Å²) in [5.74, 6) is -0.203. The van der Waals surface area contributed by atoms with Gasteiger partial charge in [0.25, 0.3) is 7.82 Å². The third kappa shape index (κ3) is 66.1. The first-order valence-electron chi connectivity index (χ1n) is 35.9. The Labute approximate surface area is 506 Å². The number of aliphatic hydroxyl groups excluding tert-OH is 1. The Kier molecular flexibility index (Phi) is 62.2. The second-order valence-corrected chi connectivity index (χ2v) is 27.3. The number of unbranched alkanes of at least 4 members (excludes halogenated alkanes) is 50. The molecule has 0 spiro atoms. The first kappa shape index (κ1) is 79.7. The summed E-state index contributed by atoms with van der Waals surface area (Å²) >= 11 is 0. The number of carbonyl (C=O) groups excluding carboxylic acids is 1. The molecule has 2 N–H and O–H groups in total. The van der Waals surface area contributed by atoms with Gasteiger partial charge in [-0.2, -0.15) is 0 Å². The number of carbonyl (C=O) groups is 1. The standard InChI is InChI=1S/C72H141N2O6P/c1-6-8-10-12-14-16-18-20-22-24-26-28-30-31-32-33-34-35-36-37-38-39-40-41-42-44-46-48-50-52-54-56-58-60-62-64-66-72(76)73-70(69-80-81(77,78)79-68-67-74(3,4)5)71(75)65-63-61-59-57-55-53-51-49-47-45-43-29-27-25-23-21-19-17-15-13-11-9-7-2/h47,49,55,57,63,65,70-71,75H,6-46,48,50-54,56,58-62,64,66-69H2,1-5H3,(H-,73,76,77,78)/b49-47+,57-55+,65-63+. The van der Waals surface area contributed by atoms with Gasteiger partial charge in [-0.3, -0.25) is 9.36 Å². The maximum Gasteiger partial charge on any atom is 0.268 e. The van der Waals surface area contributed by atoms with Crippen LogP contribution in [0.3, 0.4) is 0 Å². The summed E-state index contributed by atoms with van der Waals surface area (Å²) in [6.45, 7) is 4.68. The number of nitrogens with zero attached hydrogens (tertiary/aromatic N) is 1. The zero-order chi connectivity index (χ0) is 59.1. The first-order valence-corrected chi connectivity index (χ1v) is 37.3. The van der Waals surface area contributed by atoms with Gasteiger partial charge in [-0.05, 0) is 44.9 Å². The number of rotatable bonds is 67. The van der Waals surface area contributed by atoms with E-state index in [1.165, 1.54) is 302 Å². The van der Waals surface area contributed by atoms with Crippen LogP contribution in [0.2, 0.25) is 0 Å². The molecule has 480 valence electrons. The van der Waals surface area contributed by atoms with E-state index in [2.05, 4.69) is 43.5 Å². The number of nitrogens with one attached hydrogen (secondary N) is 1. The highest BCUT2D eigenvalue weighted by Crippen LogP contribution is 2.38. The Balaban J connectivity index is 4.01. The molecule has 0 aliphatic carbocycles. The molecular weight excluding hydrogens is 1020 g/mol. The fourth-order valence-corrected chi connectivity index (χ4v) is 11.7. The molecule has 81 heavy (non-hydrogen) atoms. The summed E-state index contributed by atoms with van der Waals surface area (Å²) in [7, 11) is 1.25. The van der Waals surface area contributed by atoms with Gasteiger partial charge in [-0.15, -0.1) is 0 Å². The molecule has 0 saturated carbocycles. The summed E-state index contributed by atoms with van der Waals surface area (Å²) in [5, 5.41) is 13.9. The van der Waals surface area contributed by atoms with Crippen LogP contribution in [0.5, 0.6) is 0 Å². The van der Waals surface area contributed by atoms with Crippen LogP contribution >= 0.6 is 7.82 Å². The van der Waals surface area contributed by atoms with Crippen LogP contribution < -0.4 is 10.2 Å². The van der Waals surface area contributed by atoms with Crippen LogP contribution in [0.15, 0.2) is 36.5 Å². The van der Waals surface area contributed by atoms with Gasteiger partial charge in [0.2, 0.25) is 5.91 Å². The second kappa shape index (κ2) is 63.2. The van der Waals surface area contributed by atoms with Gasteiger partial charge < -0.3 is 28.8 Å². The molecule has 3 unspecified atom stereocenters. The number of hydrogen-bond donors (Lipinski definition) is 2. The maximum absolute atomic E-state index is 13.0. The van der Waals surface area contributed by atoms with Crippen LogP contribution in [0.1, 0.15) is 367 Å². The molecule has 0 bridgehead atoms. The molecule has 0 aliphatic rings. The van der Waals surface area contributed by atoms with Gasteiger partial charge in [0.1, 0.15) is 13.2 Å². The Morgan fingerprint density at radius 2 is 0.691 bits per heavy atom. The van der Waals surface area contributed by atoms with Crippen molar-refractivity contribution in [3.05, 3.63) is 36.5 Å².